The van der Waals surface area contributed by atoms with E-state index in [0.29, 0.717) is 5.92 Å². The third kappa shape index (κ3) is 2.58. The molecule has 0 aliphatic carbocycles. The van der Waals surface area contributed by atoms with Gasteiger partial charge in [0, 0.05) is 11.5 Å². The topological polar surface area (TPSA) is 18.5 Å². The van der Waals surface area contributed by atoms with Gasteiger partial charge in [0.2, 0.25) is 0 Å². The van der Waals surface area contributed by atoms with Crippen LogP contribution >= 0.6 is 0 Å². The van der Waals surface area contributed by atoms with Crippen LogP contribution in [0.25, 0.3) is 0 Å². The number of hydrogen-bond donors (Lipinski definition) is 0. The SMILES string of the molecule is COc1ccc2c(c1)C(CCc1ccccc1)CO2. The molecule has 0 N–H and O–H groups in total. The molecule has 3 rings (SSSR count). The van der Waals surface area contributed by atoms with Gasteiger partial charge in [-0.05, 0) is 36.6 Å². The largest absolute Gasteiger partial charge is 0.497 e. The summed E-state index contributed by atoms with van der Waals surface area (Å²) in [6.07, 6.45) is 2.20. The second kappa shape index (κ2) is 5.35. The highest BCUT2D eigenvalue weighted by atomic mass is 16.5. The van der Waals surface area contributed by atoms with E-state index >= 15 is 0 Å². The molecule has 0 bridgehead atoms. The molecule has 98 valence electrons. The van der Waals surface area contributed by atoms with E-state index in [9.17, 15) is 0 Å². The molecule has 0 fully saturated rings. The van der Waals surface area contributed by atoms with Crippen LogP contribution in [-0.2, 0) is 6.42 Å². The Hall–Kier alpha value is -1.96. The van der Waals surface area contributed by atoms with E-state index in [2.05, 4.69) is 36.4 Å². The Bertz CT molecular complexity index is 548. The van der Waals surface area contributed by atoms with Crippen LogP contribution < -0.4 is 9.47 Å². The maximum atomic E-state index is 5.74. The van der Waals surface area contributed by atoms with Crippen molar-refractivity contribution in [2.45, 2.75) is 18.8 Å². The number of benzene rings is 2. The van der Waals surface area contributed by atoms with Crippen molar-refractivity contribution in [2.24, 2.45) is 0 Å². The van der Waals surface area contributed by atoms with Gasteiger partial charge in [-0.1, -0.05) is 30.3 Å². The summed E-state index contributed by atoms with van der Waals surface area (Å²) in [5.74, 6) is 2.40. The molecule has 2 aromatic rings. The lowest BCUT2D eigenvalue weighted by atomic mass is 9.94. The number of rotatable bonds is 4. The van der Waals surface area contributed by atoms with E-state index in [1.54, 1.807) is 7.11 Å². The normalized spacial score (nSPS) is 16.8. The molecule has 0 saturated carbocycles. The first-order valence-electron chi connectivity index (χ1n) is 6.71. The molecule has 2 nitrogen and oxygen atoms in total. The fourth-order valence-electron chi connectivity index (χ4n) is 2.61. The van der Waals surface area contributed by atoms with Gasteiger partial charge >= 0.3 is 0 Å². The first kappa shape index (κ1) is 12.1. The molecule has 0 radical (unpaired) electrons. The molecule has 2 aromatic carbocycles. The summed E-state index contributed by atoms with van der Waals surface area (Å²) >= 11 is 0. The predicted molar refractivity (Wildman–Crippen MR) is 76.0 cm³/mol. The summed E-state index contributed by atoms with van der Waals surface area (Å²) < 4.78 is 11.0. The molecule has 0 spiro atoms. The van der Waals surface area contributed by atoms with Gasteiger partial charge in [0.15, 0.2) is 0 Å². The zero-order chi connectivity index (χ0) is 13.1. The number of ether oxygens (including phenoxy) is 2. The van der Waals surface area contributed by atoms with Gasteiger partial charge in [-0.3, -0.25) is 0 Å². The van der Waals surface area contributed by atoms with Crippen molar-refractivity contribution in [1.82, 2.24) is 0 Å². The molecular weight excluding hydrogens is 236 g/mol. The van der Waals surface area contributed by atoms with Crippen molar-refractivity contribution in [3.8, 4) is 11.5 Å². The standard InChI is InChI=1S/C17H18O2/c1-18-15-9-10-17-16(11-15)14(12-19-17)8-7-13-5-3-2-4-6-13/h2-6,9-11,14H,7-8,12H2,1H3. The van der Waals surface area contributed by atoms with E-state index < -0.39 is 0 Å². The summed E-state index contributed by atoms with van der Waals surface area (Å²) in [5, 5.41) is 0. The van der Waals surface area contributed by atoms with Gasteiger partial charge in [-0.25, -0.2) is 0 Å². The summed E-state index contributed by atoms with van der Waals surface area (Å²) in [7, 11) is 1.70. The van der Waals surface area contributed by atoms with E-state index in [1.165, 1.54) is 11.1 Å². The van der Waals surface area contributed by atoms with Gasteiger partial charge in [0.25, 0.3) is 0 Å². The minimum absolute atomic E-state index is 0.477. The number of hydrogen-bond acceptors (Lipinski definition) is 2. The second-order valence-corrected chi connectivity index (χ2v) is 4.94. The molecule has 1 unspecified atom stereocenters. The first-order chi connectivity index (χ1) is 9.36. The zero-order valence-corrected chi connectivity index (χ0v) is 11.1. The van der Waals surface area contributed by atoms with Crippen molar-refractivity contribution in [3.63, 3.8) is 0 Å². The van der Waals surface area contributed by atoms with Crippen molar-refractivity contribution in [3.05, 3.63) is 59.7 Å². The summed E-state index contributed by atoms with van der Waals surface area (Å²) in [4.78, 5) is 0. The van der Waals surface area contributed by atoms with Crippen molar-refractivity contribution < 1.29 is 9.47 Å². The predicted octanol–water partition coefficient (Wildman–Crippen LogP) is 3.80. The monoisotopic (exact) mass is 254 g/mol. The van der Waals surface area contributed by atoms with Crippen LogP contribution in [0.15, 0.2) is 48.5 Å². The summed E-state index contributed by atoms with van der Waals surface area (Å²) in [5.41, 5.74) is 2.68. The Morgan fingerprint density at radius 3 is 2.79 bits per heavy atom. The Morgan fingerprint density at radius 1 is 1.16 bits per heavy atom. The lowest BCUT2D eigenvalue weighted by Crippen LogP contribution is -2.02. The zero-order valence-electron chi connectivity index (χ0n) is 11.1. The third-order valence-corrected chi connectivity index (χ3v) is 3.72. The van der Waals surface area contributed by atoms with Crippen molar-refractivity contribution in [2.75, 3.05) is 13.7 Å². The highest BCUT2D eigenvalue weighted by Gasteiger charge is 2.24. The molecule has 0 saturated heterocycles. The van der Waals surface area contributed by atoms with Gasteiger partial charge in [0.1, 0.15) is 11.5 Å². The summed E-state index contributed by atoms with van der Waals surface area (Å²) in [6.45, 7) is 0.787. The van der Waals surface area contributed by atoms with Crippen LogP contribution in [0.2, 0.25) is 0 Å². The van der Waals surface area contributed by atoms with Crippen LogP contribution in [0.5, 0.6) is 11.5 Å². The van der Waals surface area contributed by atoms with Crippen LogP contribution in [0, 0.1) is 0 Å². The Labute approximate surface area is 114 Å². The van der Waals surface area contributed by atoms with E-state index in [-0.39, 0.29) is 0 Å². The molecule has 0 aromatic heterocycles. The van der Waals surface area contributed by atoms with E-state index in [4.69, 9.17) is 9.47 Å². The average Bonchev–Trinajstić information content (AvgIpc) is 2.88. The smallest absolute Gasteiger partial charge is 0.123 e. The molecule has 1 aliphatic rings. The minimum atomic E-state index is 0.477. The van der Waals surface area contributed by atoms with E-state index in [1.807, 2.05) is 12.1 Å². The minimum Gasteiger partial charge on any atom is -0.497 e. The van der Waals surface area contributed by atoms with Gasteiger partial charge in [-0.2, -0.15) is 0 Å². The van der Waals surface area contributed by atoms with Crippen molar-refractivity contribution in [1.29, 1.82) is 0 Å². The average molecular weight is 254 g/mol. The van der Waals surface area contributed by atoms with Crippen LogP contribution in [-0.4, -0.2) is 13.7 Å². The number of methoxy groups -OCH3 is 1. The maximum absolute atomic E-state index is 5.74. The second-order valence-electron chi connectivity index (χ2n) is 4.94. The fourth-order valence-corrected chi connectivity index (χ4v) is 2.61. The molecule has 1 atom stereocenters. The van der Waals surface area contributed by atoms with Gasteiger partial charge < -0.3 is 9.47 Å². The fraction of sp³-hybridized carbons (Fsp3) is 0.294. The highest BCUT2D eigenvalue weighted by Crippen LogP contribution is 2.38. The Kier molecular flexibility index (Phi) is 3.41. The first-order valence-corrected chi connectivity index (χ1v) is 6.71. The van der Waals surface area contributed by atoms with Crippen LogP contribution in [0.4, 0.5) is 0 Å². The molecular formula is C17H18O2. The van der Waals surface area contributed by atoms with Crippen molar-refractivity contribution >= 4 is 0 Å². The highest BCUT2D eigenvalue weighted by molar-refractivity contribution is 5.45. The molecule has 1 aliphatic heterocycles. The Morgan fingerprint density at radius 2 is 2.00 bits per heavy atom. The van der Waals surface area contributed by atoms with Crippen LogP contribution in [0.3, 0.4) is 0 Å². The number of fused-ring (bicyclic) bond motifs is 1. The molecule has 19 heavy (non-hydrogen) atoms. The lowest BCUT2D eigenvalue weighted by Gasteiger charge is -2.09. The molecule has 2 heteroatoms. The maximum Gasteiger partial charge on any atom is 0.123 e. The lowest BCUT2D eigenvalue weighted by molar-refractivity contribution is 0.325. The molecule has 0 amide bonds. The van der Waals surface area contributed by atoms with E-state index in [0.717, 1.165) is 30.9 Å². The third-order valence-electron chi connectivity index (χ3n) is 3.72. The van der Waals surface area contributed by atoms with Crippen LogP contribution in [0.1, 0.15) is 23.5 Å². The number of aryl methyl sites for hydroxylation is 1. The Balaban J connectivity index is 1.72. The summed E-state index contributed by atoms with van der Waals surface area (Å²) in [6, 6.07) is 16.7. The quantitative estimate of drug-likeness (QED) is 0.826. The molecule has 1 heterocycles. The van der Waals surface area contributed by atoms with Gasteiger partial charge in [0.05, 0.1) is 13.7 Å². The van der Waals surface area contributed by atoms with Gasteiger partial charge in [-0.15, -0.1) is 0 Å².